The Morgan fingerprint density at radius 1 is 0.710 bits per heavy atom. The van der Waals surface area contributed by atoms with Crippen LogP contribution in [-0.2, 0) is 6.18 Å². The zero-order valence-corrected chi connectivity index (χ0v) is 16.2. The average molecular weight is 412 g/mol. The molecule has 5 rings (SSSR count). The van der Waals surface area contributed by atoms with Gasteiger partial charge in [0.1, 0.15) is 0 Å². The van der Waals surface area contributed by atoms with Crippen molar-refractivity contribution >= 4 is 21.8 Å². The fourth-order valence-corrected chi connectivity index (χ4v) is 4.05. The molecule has 1 aromatic heterocycles. The molecule has 4 aromatic carbocycles. The summed E-state index contributed by atoms with van der Waals surface area (Å²) in [6, 6.07) is 28.5. The lowest BCUT2D eigenvalue weighted by atomic mass is 10.0. The standard InChI is InChI=1S/C26H15F3N2/c27-26(28,29)19-13-14-25-22(15-19)21-6-2-4-8-24(21)31(25)23-7-3-1-5-20(23)18-11-9-17(16-30)10-12-18/h1-15H. The minimum absolute atomic E-state index is 0.556. The van der Waals surface area contributed by atoms with Gasteiger partial charge in [-0.05, 0) is 48.0 Å². The predicted octanol–water partition coefficient (Wildman–Crippen LogP) is 7.34. The van der Waals surface area contributed by atoms with Crippen LogP contribution in [0.4, 0.5) is 13.2 Å². The number of hydrogen-bond donors (Lipinski definition) is 0. The van der Waals surface area contributed by atoms with Gasteiger partial charge in [0, 0.05) is 16.3 Å². The zero-order valence-electron chi connectivity index (χ0n) is 16.2. The van der Waals surface area contributed by atoms with E-state index in [9.17, 15) is 13.2 Å². The lowest BCUT2D eigenvalue weighted by Crippen LogP contribution is -2.04. The number of benzene rings is 4. The van der Waals surface area contributed by atoms with Crippen molar-refractivity contribution in [1.29, 1.82) is 5.26 Å². The third-order valence-electron chi connectivity index (χ3n) is 5.47. The molecular weight excluding hydrogens is 397 g/mol. The van der Waals surface area contributed by atoms with E-state index in [-0.39, 0.29) is 0 Å². The summed E-state index contributed by atoms with van der Waals surface area (Å²) in [4.78, 5) is 0. The number of alkyl halides is 3. The lowest BCUT2D eigenvalue weighted by Gasteiger charge is -2.14. The molecule has 5 aromatic rings. The molecule has 0 N–H and O–H groups in total. The number of nitrogens with zero attached hydrogens (tertiary/aromatic N) is 2. The monoisotopic (exact) mass is 412 g/mol. The summed E-state index contributed by atoms with van der Waals surface area (Å²) in [5.41, 5.74) is 4.15. The number of para-hydroxylation sites is 2. The molecule has 0 fully saturated rings. The summed E-state index contributed by atoms with van der Waals surface area (Å²) < 4.78 is 42.1. The van der Waals surface area contributed by atoms with Gasteiger partial charge in [0.05, 0.1) is 33.9 Å². The van der Waals surface area contributed by atoms with Crippen LogP contribution in [-0.4, -0.2) is 4.57 Å². The summed E-state index contributed by atoms with van der Waals surface area (Å²) in [7, 11) is 0. The largest absolute Gasteiger partial charge is 0.416 e. The van der Waals surface area contributed by atoms with Gasteiger partial charge < -0.3 is 4.57 Å². The molecule has 0 bridgehead atoms. The highest BCUT2D eigenvalue weighted by Gasteiger charge is 2.31. The molecule has 150 valence electrons. The summed E-state index contributed by atoms with van der Waals surface area (Å²) in [5, 5.41) is 10.4. The van der Waals surface area contributed by atoms with Gasteiger partial charge >= 0.3 is 6.18 Å². The van der Waals surface area contributed by atoms with Gasteiger partial charge in [-0.3, -0.25) is 0 Å². The highest BCUT2D eigenvalue weighted by Crippen LogP contribution is 2.39. The number of fused-ring (bicyclic) bond motifs is 3. The van der Waals surface area contributed by atoms with Gasteiger partial charge in [-0.1, -0.05) is 48.5 Å². The van der Waals surface area contributed by atoms with Crippen LogP contribution < -0.4 is 0 Å². The Kier molecular flexibility index (Phi) is 4.30. The van der Waals surface area contributed by atoms with E-state index in [0.29, 0.717) is 16.5 Å². The smallest absolute Gasteiger partial charge is 0.309 e. The van der Waals surface area contributed by atoms with Crippen molar-refractivity contribution in [3.63, 3.8) is 0 Å². The molecule has 0 aliphatic heterocycles. The Balaban J connectivity index is 1.83. The van der Waals surface area contributed by atoms with Gasteiger partial charge in [0.25, 0.3) is 0 Å². The maximum Gasteiger partial charge on any atom is 0.416 e. The van der Waals surface area contributed by atoms with Crippen molar-refractivity contribution in [3.05, 3.63) is 102 Å². The van der Waals surface area contributed by atoms with Gasteiger partial charge in [-0.15, -0.1) is 0 Å². The first-order chi connectivity index (χ1) is 15.0. The summed E-state index contributed by atoms with van der Waals surface area (Å²) in [6.07, 6.45) is -4.40. The van der Waals surface area contributed by atoms with Crippen LogP contribution in [0.1, 0.15) is 11.1 Å². The van der Waals surface area contributed by atoms with E-state index in [4.69, 9.17) is 5.26 Å². The van der Waals surface area contributed by atoms with Crippen LogP contribution >= 0.6 is 0 Å². The van der Waals surface area contributed by atoms with E-state index >= 15 is 0 Å². The number of halogens is 3. The molecule has 0 saturated carbocycles. The normalized spacial score (nSPS) is 11.7. The van der Waals surface area contributed by atoms with E-state index in [2.05, 4.69) is 6.07 Å². The molecule has 0 atom stereocenters. The van der Waals surface area contributed by atoms with Crippen LogP contribution in [0.5, 0.6) is 0 Å². The average Bonchev–Trinajstić information content (AvgIpc) is 3.12. The molecule has 31 heavy (non-hydrogen) atoms. The Morgan fingerprint density at radius 2 is 1.39 bits per heavy atom. The first-order valence-electron chi connectivity index (χ1n) is 9.68. The molecule has 0 aliphatic rings. The van der Waals surface area contributed by atoms with E-state index < -0.39 is 11.7 Å². The highest BCUT2D eigenvalue weighted by molar-refractivity contribution is 6.10. The molecule has 0 aliphatic carbocycles. The summed E-state index contributed by atoms with van der Waals surface area (Å²) >= 11 is 0. The predicted molar refractivity (Wildman–Crippen MR) is 116 cm³/mol. The summed E-state index contributed by atoms with van der Waals surface area (Å²) in [6.45, 7) is 0. The van der Waals surface area contributed by atoms with Crippen LogP contribution in [0.3, 0.4) is 0 Å². The molecular formula is C26H15F3N2. The van der Waals surface area contributed by atoms with Crippen molar-refractivity contribution in [1.82, 2.24) is 4.57 Å². The third-order valence-corrected chi connectivity index (χ3v) is 5.47. The Morgan fingerprint density at radius 3 is 2.13 bits per heavy atom. The van der Waals surface area contributed by atoms with E-state index in [1.807, 2.05) is 65.2 Å². The van der Waals surface area contributed by atoms with Crippen molar-refractivity contribution in [2.45, 2.75) is 6.18 Å². The van der Waals surface area contributed by atoms with Gasteiger partial charge in [0.15, 0.2) is 0 Å². The van der Waals surface area contributed by atoms with Gasteiger partial charge in [-0.2, -0.15) is 18.4 Å². The second kappa shape index (κ2) is 7.03. The van der Waals surface area contributed by atoms with Crippen LogP contribution in [0.2, 0.25) is 0 Å². The Labute approximate surface area is 176 Å². The third kappa shape index (κ3) is 3.13. The van der Waals surface area contributed by atoms with E-state index in [1.165, 1.54) is 12.1 Å². The maximum absolute atomic E-state index is 13.4. The Hall–Kier alpha value is -4.04. The van der Waals surface area contributed by atoms with Crippen molar-refractivity contribution in [3.8, 4) is 22.9 Å². The fourth-order valence-electron chi connectivity index (χ4n) is 4.05. The summed E-state index contributed by atoms with van der Waals surface area (Å²) in [5.74, 6) is 0. The Bertz CT molecular complexity index is 1470. The van der Waals surface area contributed by atoms with Crippen molar-refractivity contribution in [2.24, 2.45) is 0 Å². The van der Waals surface area contributed by atoms with Crippen molar-refractivity contribution < 1.29 is 13.2 Å². The molecule has 0 radical (unpaired) electrons. The number of nitriles is 1. The number of aromatic nitrogens is 1. The molecule has 2 nitrogen and oxygen atoms in total. The highest BCUT2D eigenvalue weighted by atomic mass is 19.4. The van der Waals surface area contributed by atoms with E-state index in [0.717, 1.165) is 33.8 Å². The van der Waals surface area contributed by atoms with Crippen LogP contribution in [0.15, 0.2) is 91.0 Å². The van der Waals surface area contributed by atoms with Crippen LogP contribution in [0.25, 0.3) is 38.6 Å². The van der Waals surface area contributed by atoms with Crippen molar-refractivity contribution in [2.75, 3.05) is 0 Å². The van der Waals surface area contributed by atoms with Gasteiger partial charge in [0.2, 0.25) is 0 Å². The van der Waals surface area contributed by atoms with Gasteiger partial charge in [-0.25, -0.2) is 0 Å². The molecule has 0 spiro atoms. The SMILES string of the molecule is N#Cc1ccc(-c2ccccc2-n2c3ccccc3c3cc(C(F)(F)F)ccc32)cc1. The van der Waals surface area contributed by atoms with E-state index in [1.54, 1.807) is 12.1 Å². The molecule has 1 heterocycles. The molecule has 0 amide bonds. The molecule has 5 heteroatoms. The fraction of sp³-hybridized carbons (Fsp3) is 0.0385. The molecule has 0 saturated heterocycles. The minimum atomic E-state index is -4.40. The zero-order chi connectivity index (χ0) is 21.6. The minimum Gasteiger partial charge on any atom is -0.309 e. The van der Waals surface area contributed by atoms with Crippen LogP contribution in [0, 0.1) is 11.3 Å². The topological polar surface area (TPSA) is 28.7 Å². The first kappa shape index (κ1) is 19.0. The second-order valence-electron chi connectivity index (χ2n) is 7.29. The quantitative estimate of drug-likeness (QED) is 0.298. The lowest BCUT2D eigenvalue weighted by molar-refractivity contribution is -0.137. The number of rotatable bonds is 2. The maximum atomic E-state index is 13.4. The molecule has 0 unspecified atom stereocenters. The first-order valence-corrected chi connectivity index (χ1v) is 9.68. The number of hydrogen-bond acceptors (Lipinski definition) is 1. The second-order valence-corrected chi connectivity index (χ2v) is 7.29.